The van der Waals surface area contributed by atoms with Crippen molar-refractivity contribution in [2.24, 2.45) is 0 Å². The fourth-order valence-corrected chi connectivity index (χ4v) is 2.41. The SMILES string of the molecule is CCCCc1c(-c2ccccc2C)[nH]n(CC)c1=O. The van der Waals surface area contributed by atoms with Crippen LogP contribution in [0.3, 0.4) is 0 Å². The molecule has 19 heavy (non-hydrogen) atoms. The van der Waals surface area contributed by atoms with E-state index in [9.17, 15) is 4.79 Å². The molecule has 1 N–H and O–H groups in total. The van der Waals surface area contributed by atoms with Gasteiger partial charge < -0.3 is 0 Å². The van der Waals surface area contributed by atoms with Crippen LogP contribution in [0.4, 0.5) is 0 Å². The van der Waals surface area contributed by atoms with Crippen LogP contribution >= 0.6 is 0 Å². The third-order valence-electron chi connectivity index (χ3n) is 3.56. The number of rotatable bonds is 5. The quantitative estimate of drug-likeness (QED) is 0.875. The van der Waals surface area contributed by atoms with E-state index in [-0.39, 0.29) is 5.56 Å². The Labute approximate surface area is 114 Å². The van der Waals surface area contributed by atoms with Gasteiger partial charge in [0.25, 0.3) is 5.56 Å². The number of nitrogens with zero attached hydrogens (tertiary/aromatic N) is 1. The number of hydrogen-bond donors (Lipinski definition) is 1. The van der Waals surface area contributed by atoms with Gasteiger partial charge in [0.1, 0.15) is 0 Å². The molecule has 0 amide bonds. The van der Waals surface area contributed by atoms with Gasteiger partial charge in [-0.3, -0.25) is 14.6 Å². The second kappa shape index (κ2) is 5.91. The fourth-order valence-electron chi connectivity index (χ4n) is 2.41. The standard InChI is InChI=1S/C16H22N2O/c1-4-6-10-14-15(17-18(5-2)16(14)19)13-11-8-7-9-12(13)3/h7-9,11,17H,4-6,10H2,1-3H3. The molecule has 102 valence electrons. The maximum absolute atomic E-state index is 12.3. The monoisotopic (exact) mass is 258 g/mol. The molecule has 0 saturated carbocycles. The second-order valence-corrected chi connectivity index (χ2v) is 4.93. The molecule has 0 bridgehead atoms. The molecule has 1 heterocycles. The summed E-state index contributed by atoms with van der Waals surface area (Å²) in [5.74, 6) is 0. The van der Waals surface area contributed by atoms with Gasteiger partial charge in [0.15, 0.2) is 0 Å². The van der Waals surface area contributed by atoms with Crippen molar-refractivity contribution in [1.29, 1.82) is 0 Å². The van der Waals surface area contributed by atoms with E-state index in [1.165, 1.54) is 5.56 Å². The van der Waals surface area contributed by atoms with Crippen molar-refractivity contribution in [3.8, 4) is 11.3 Å². The lowest BCUT2D eigenvalue weighted by Crippen LogP contribution is -2.17. The lowest BCUT2D eigenvalue weighted by atomic mass is 10.00. The molecule has 1 aromatic heterocycles. The number of hydrogen-bond acceptors (Lipinski definition) is 1. The Bertz CT molecular complexity index is 607. The van der Waals surface area contributed by atoms with Crippen molar-refractivity contribution in [3.05, 3.63) is 45.7 Å². The van der Waals surface area contributed by atoms with Gasteiger partial charge >= 0.3 is 0 Å². The van der Waals surface area contributed by atoms with E-state index in [2.05, 4.69) is 31.1 Å². The molecule has 2 rings (SSSR count). The maximum atomic E-state index is 12.3. The fraction of sp³-hybridized carbons (Fsp3) is 0.438. The normalized spacial score (nSPS) is 10.9. The minimum absolute atomic E-state index is 0.134. The molecule has 0 aliphatic rings. The van der Waals surface area contributed by atoms with Crippen molar-refractivity contribution in [2.45, 2.75) is 46.6 Å². The summed E-state index contributed by atoms with van der Waals surface area (Å²) in [6, 6.07) is 8.21. The summed E-state index contributed by atoms with van der Waals surface area (Å²) < 4.78 is 1.70. The summed E-state index contributed by atoms with van der Waals surface area (Å²) in [7, 11) is 0. The summed E-state index contributed by atoms with van der Waals surface area (Å²) in [5.41, 5.74) is 4.40. The Morgan fingerprint density at radius 2 is 1.95 bits per heavy atom. The topological polar surface area (TPSA) is 37.8 Å². The van der Waals surface area contributed by atoms with E-state index in [4.69, 9.17) is 0 Å². The first-order chi connectivity index (χ1) is 9.19. The molecule has 0 aliphatic carbocycles. The molecule has 0 atom stereocenters. The van der Waals surface area contributed by atoms with Crippen molar-refractivity contribution >= 4 is 0 Å². The van der Waals surface area contributed by atoms with Crippen LogP contribution in [0, 0.1) is 6.92 Å². The molecule has 0 fully saturated rings. The van der Waals surface area contributed by atoms with Gasteiger partial charge in [-0.25, -0.2) is 0 Å². The van der Waals surface area contributed by atoms with Gasteiger partial charge in [0.05, 0.1) is 5.69 Å². The zero-order valence-corrected chi connectivity index (χ0v) is 12.0. The zero-order chi connectivity index (χ0) is 13.8. The third kappa shape index (κ3) is 2.65. The average Bonchev–Trinajstić information content (AvgIpc) is 2.73. The number of nitrogens with one attached hydrogen (secondary N) is 1. The van der Waals surface area contributed by atoms with Gasteiger partial charge in [0, 0.05) is 17.7 Å². The Balaban J connectivity index is 2.56. The maximum Gasteiger partial charge on any atom is 0.270 e. The first-order valence-electron chi connectivity index (χ1n) is 7.06. The molecule has 0 spiro atoms. The van der Waals surface area contributed by atoms with Crippen molar-refractivity contribution in [1.82, 2.24) is 9.78 Å². The number of unbranched alkanes of at least 4 members (excludes halogenated alkanes) is 1. The third-order valence-corrected chi connectivity index (χ3v) is 3.56. The molecule has 0 saturated heterocycles. The summed E-state index contributed by atoms with van der Waals surface area (Å²) in [6.45, 7) is 6.91. The summed E-state index contributed by atoms with van der Waals surface area (Å²) >= 11 is 0. The summed E-state index contributed by atoms with van der Waals surface area (Å²) in [6.07, 6.45) is 3.00. The highest BCUT2D eigenvalue weighted by Crippen LogP contribution is 2.24. The largest absolute Gasteiger partial charge is 0.295 e. The van der Waals surface area contributed by atoms with Gasteiger partial charge in [0.2, 0.25) is 0 Å². The summed E-state index contributed by atoms with van der Waals surface area (Å²) in [4.78, 5) is 12.3. The van der Waals surface area contributed by atoms with Crippen molar-refractivity contribution in [2.75, 3.05) is 0 Å². The van der Waals surface area contributed by atoms with E-state index >= 15 is 0 Å². The molecule has 0 radical (unpaired) electrons. The number of benzene rings is 1. The number of aryl methyl sites for hydroxylation is 2. The first-order valence-corrected chi connectivity index (χ1v) is 7.06. The van der Waals surface area contributed by atoms with Crippen LogP contribution in [0.5, 0.6) is 0 Å². The van der Waals surface area contributed by atoms with E-state index in [0.717, 1.165) is 36.1 Å². The minimum Gasteiger partial charge on any atom is -0.295 e. The molecular formula is C16H22N2O. The lowest BCUT2D eigenvalue weighted by Gasteiger charge is -2.05. The van der Waals surface area contributed by atoms with Gasteiger partial charge in [-0.15, -0.1) is 0 Å². The number of H-pyrrole nitrogens is 1. The van der Waals surface area contributed by atoms with E-state index in [0.29, 0.717) is 6.54 Å². The van der Waals surface area contributed by atoms with Gasteiger partial charge in [-0.05, 0) is 32.3 Å². The van der Waals surface area contributed by atoms with Crippen LogP contribution in [0.25, 0.3) is 11.3 Å². The van der Waals surface area contributed by atoms with Gasteiger partial charge in [-0.1, -0.05) is 37.6 Å². The van der Waals surface area contributed by atoms with Crippen molar-refractivity contribution in [3.63, 3.8) is 0 Å². The van der Waals surface area contributed by atoms with Crippen LogP contribution in [-0.4, -0.2) is 9.78 Å². The average molecular weight is 258 g/mol. The van der Waals surface area contributed by atoms with E-state index in [1.54, 1.807) is 4.68 Å². The van der Waals surface area contributed by atoms with Crippen molar-refractivity contribution < 1.29 is 0 Å². The van der Waals surface area contributed by atoms with Crippen LogP contribution in [0.1, 0.15) is 37.8 Å². The predicted octanol–water partition coefficient (Wildman–Crippen LogP) is 3.51. The highest BCUT2D eigenvalue weighted by Gasteiger charge is 2.15. The molecule has 0 unspecified atom stereocenters. The van der Waals surface area contributed by atoms with E-state index in [1.807, 2.05) is 19.1 Å². The zero-order valence-electron chi connectivity index (χ0n) is 12.0. The minimum atomic E-state index is 0.134. The second-order valence-electron chi connectivity index (χ2n) is 4.93. The Morgan fingerprint density at radius 3 is 2.58 bits per heavy atom. The van der Waals surface area contributed by atoms with Crippen LogP contribution in [-0.2, 0) is 13.0 Å². The first kappa shape index (κ1) is 13.7. The lowest BCUT2D eigenvalue weighted by molar-refractivity contribution is 0.637. The molecule has 2 aromatic rings. The Morgan fingerprint density at radius 1 is 1.21 bits per heavy atom. The van der Waals surface area contributed by atoms with Crippen LogP contribution in [0.2, 0.25) is 0 Å². The Hall–Kier alpha value is -1.77. The number of aromatic nitrogens is 2. The van der Waals surface area contributed by atoms with E-state index < -0.39 is 0 Å². The van der Waals surface area contributed by atoms with Crippen LogP contribution in [0.15, 0.2) is 29.1 Å². The molecule has 0 aliphatic heterocycles. The predicted molar refractivity (Wildman–Crippen MR) is 79.5 cm³/mol. The highest BCUT2D eigenvalue weighted by atomic mass is 16.1. The van der Waals surface area contributed by atoms with Crippen LogP contribution < -0.4 is 5.56 Å². The molecule has 3 nitrogen and oxygen atoms in total. The molecular weight excluding hydrogens is 236 g/mol. The smallest absolute Gasteiger partial charge is 0.270 e. The summed E-state index contributed by atoms with van der Waals surface area (Å²) in [5, 5.41) is 3.27. The van der Waals surface area contributed by atoms with Gasteiger partial charge in [-0.2, -0.15) is 0 Å². The molecule has 1 aromatic carbocycles. The number of aromatic amines is 1. The Kier molecular flexibility index (Phi) is 4.25. The molecule has 3 heteroatoms. The highest BCUT2D eigenvalue weighted by molar-refractivity contribution is 5.66.